The Morgan fingerprint density at radius 1 is 1.57 bits per heavy atom. The van der Waals surface area contributed by atoms with Crippen LogP contribution in [0.25, 0.3) is 0 Å². The maximum atomic E-state index is 5.56. The van der Waals surface area contributed by atoms with Crippen LogP contribution < -0.4 is 5.73 Å². The number of rotatable bonds is 2. The Labute approximate surface area is 87.4 Å². The first-order valence-electron chi connectivity index (χ1n) is 4.92. The van der Waals surface area contributed by atoms with Crippen LogP contribution in [-0.2, 0) is 0 Å². The highest BCUT2D eigenvalue weighted by molar-refractivity contribution is 5.31. The van der Waals surface area contributed by atoms with E-state index in [1.54, 1.807) is 0 Å². The van der Waals surface area contributed by atoms with Crippen molar-refractivity contribution in [2.45, 2.75) is 26.2 Å². The van der Waals surface area contributed by atoms with Crippen LogP contribution in [0.2, 0.25) is 0 Å². The zero-order valence-electron chi connectivity index (χ0n) is 8.87. The average Bonchev–Trinajstić information content (AvgIpc) is 2.30. The molecule has 0 aromatic heterocycles. The summed E-state index contributed by atoms with van der Waals surface area (Å²) in [5.74, 6) is 0. The van der Waals surface area contributed by atoms with E-state index in [2.05, 4.69) is 37.2 Å². The fourth-order valence-corrected chi connectivity index (χ4v) is 1.36. The van der Waals surface area contributed by atoms with Crippen molar-refractivity contribution >= 4 is 0 Å². The van der Waals surface area contributed by atoms with Crippen molar-refractivity contribution in [1.29, 1.82) is 0 Å². The van der Waals surface area contributed by atoms with Gasteiger partial charge >= 0.3 is 0 Å². The first-order valence-corrected chi connectivity index (χ1v) is 4.92. The minimum atomic E-state index is 0.647. The van der Waals surface area contributed by atoms with Crippen LogP contribution in [0.15, 0.2) is 35.5 Å². The minimum Gasteiger partial charge on any atom is -0.327 e. The molecule has 0 aliphatic heterocycles. The summed E-state index contributed by atoms with van der Waals surface area (Å²) in [7, 11) is 0. The van der Waals surface area contributed by atoms with E-state index in [0.29, 0.717) is 6.54 Å². The summed E-state index contributed by atoms with van der Waals surface area (Å²) in [6.07, 6.45) is 20.4. The molecule has 1 aliphatic carbocycles. The molecule has 0 fully saturated rings. The van der Waals surface area contributed by atoms with Gasteiger partial charge in [-0.25, -0.2) is 0 Å². The van der Waals surface area contributed by atoms with E-state index < -0.39 is 0 Å². The zero-order valence-corrected chi connectivity index (χ0v) is 8.87. The lowest BCUT2D eigenvalue weighted by Crippen LogP contribution is -2.01. The predicted octanol–water partition coefficient (Wildman–Crippen LogP) is 2.81. The minimum absolute atomic E-state index is 0.647. The van der Waals surface area contributed by atoms with Gasteiger partial charge in [0.25, 0.3) is 0 Å². The van der Waals surface area contributed by atoms with Crippen molar-refractivity contribution in [2.24, 2.45) is 5.73 Å². The third-order valence-corrected chi connectivity index (χ3v) is 2.15. The lowest BCUT2D eigenvalue weighted by molar-refractivity contribution is 0.819. The highest BCUT2D eigenvalue weighted by atomic mass is 14.5. The summed E-state index contributed by atoms with van der Waals surface area (Å²) in [5.41, 5.74) is 8.21. The molecule has 0 spiro atoms. The second kappa shape index (κ2) is 8.34. The van der Waals surface area contributed by atoms with Crippen molar-refractivity contribution in [1.82, 2.24) is 0 Å². The molecule has 14 heavy (non-hydrogen) atoms. The van der Waals surface area contributed by atoms with Crippen molar-refractivity contribution in [3.63, 3.8) is 0 Å². The third kappa shape index (κ3) is 4.69. The van der Waals surface area contributed by atoms with Gasteiger partial charge in [0.15, 0.2) is 0 Å². The number of hydrogen-bond acceptors (Lipinski definition) is 1. The standard InChI is InChI=1S/C11H17N.C2H2/c1-2-10(9-12)8-11-6-4-3-5-7-11;1-2/h2,4,6,8H,3,5,7,9,12H2,1H3;1-2H/b10-2+,11-8-;. The average molecular weight is 189 g/mol. The number of allylic oxidation sites excluding steroid dienone is 4. The maximum absolute atomic E-state index is 5.56. The highest BCUT2D eigenvalue weighted by Crippen LogP contribution is 2.17. The normalized spacial score (nSPS) is 18.9. The molecule has 1 heteroatoms. The second-order valence-corrected chi connectivity index (χ2v) is 3.08. The molecule has 1 nitrogen and oxygen atoms in total. The van der Waals surface area contributed by atoms with E-state index in [9.17, 15) is 0 Å². The van der Waals surface area contributed by atoms with E-state index >= 15 is 0 Å². The van der Waals surface area contributed by atoms with Crippen LogP contribution in [0.5, 0.6) is 0 Å². The van der Waals surface area contributed by atoms with Crippen molar-refractivity contribution < 1.29 is 0 Å². The van der Waals surface area contributed by atoms with Crippen LogP contribution in [0.3, 0.4) is 0 Å². The Hall–Kier alpha value is -1.26. The summed E-state index contributed by atoms with van der Waals surface area (Å²) < 4.78 is 0. The van der Waals surface area contributed by atoms with Gasteiger partial charge in [-0.2, -0.15) is 0 Å². The first kappa shape index (κ1) is 12.7. The topological polar surface area (TPSA) is 26.0 Å². The van der Waals surface area contributed by atoms with Crippen LogP contribution in [0, 0.1) is 12.8 Å². The fourth-order valence-electron chi connectivity index (χ4n) is 1.36. The summed E-state index contributed by atoms with van der Waals surface area (Å²) in [6.45, 7) is 2.68. The van der Waals surface area contributed by atoms with Crippen molar-refractivity contribution in [3.05, 3.63) is 35.5 Å². The van der Waals surface area contributed by atoms with Gasteiger partial charge in [-0.15, -0.1) is 12.8 Å². The summed E-state index contributed by atoms with van der Waals surface area (Å²) in [5, 5.41) is 0. The molecule has 0 heterocycles. The maximum Gasteiger partial charge on any atom is 0.0174 e. The molecule has 0 aromatic rings. The van der Waals surface area contributed by atoms with Gasteiger partial charge in [-0.1, -0.05) is 24.3 Å². The number of nitrogens with two attached hydrogens (primary N) is 1. The molecular weight excluding hydrogens is 170 g/mol. The predicted molar refractivity (Wildman–Crippen MR) is 63.8 cm³/mol. The Kier molecular flexibility index (Phi) is 7.59. The molecule has 1 aliphatic rings. The largest absolute Gasteiger partial charge is 0.327 e. The fraction of sp³-hybridized carbons (Fsp3) is 0.385. The van der Waals surface area contributed by atoms with Crippen molar-refractivity contribution in [2.75, 3.05) is 6.54 Å². The Balaban J connectivity index is 0.000000791. The lowest BCUT2D eigenvalue weighted by atomic mass is 10.00. The smallest absolute Gasteiger partial charge is 0.0174 e. The third-order valence-electron chi connectivity index (χ3n) is 2.15. The molecule has 0 aromatic carbocycles. The Morgan fingerprint density at radius 3 is 2.71 bits per heavy atom. The summed E-state index contributed by atoms with van der Waals surface area (Å²) >= 11 is 0. The molecule has 0 unspecified atom stereocenters. The van der Waals surface area contributed by atoms with Gasteiger partial charge in [-0.3, -0.25) is 0 Å². The van der Waals surface area contributed by atoms with E-state index in [1.807, 2.05) is 6.92 Å². The summed E-state index contributed by atoms with van der Waals surface area (Å²) in [4.78, 5) is 0. The molecule has 0 atom stereocenters. The first-order chi connectivity index (χ1) is 6.86. The monoisotopic (exact) mass is 189 g/mol. The van der Waals surface area contributed by atoms with E-state index in [1.165, 1.54) is 30.4 Å². The van der Waals surface area contributed by atoms with Gasteiger partial charge in [0.2, 0.25) is 0 Å². The van der Waals surface area contributed by atoms with Gasteiger partial charge < -0.3 is 5.73 Å². The van der Waals surface area contributed by atoms with E-state index in [-0.39, 0.29) is 0 Å². The van der Waals surface area contributed by atoms with Crippen LogP contribution in [0.1, 0.15) is 26.2 Å². The van der Waals surface area contributed by atoms with Gasteiger partial charge in [0.05, 0.1) is 0 Å². The zero-order chi connectivity index (χ0) is 10.8. The van der Waals surface area contributed by atoms with Crippen LogP contribution in [-0.4, -0.2) is 6.54 Å². The number of terminal acetylenes is 1. The van der Waals surface area contributed by atoms with E-state index in [0.717, 1.165) is 0 Å². The molecule has 0 amide bonds. The molecule has 76 valence electrons. The van der Waals surface area contributed by atoms with Crippen molar-refractivity contribution in [3.8, 4) is 12.8 Å². The number of hydrogen-bond donors (Lipinski definition) is 1. The van der Waals surface area contributed by atoms with E-state index in [4.69, 9.17) is 5.73 Å². The molecule has 0 bridgehead atoms. The van der Waals surface area contributed by atoms with Crippen LogP contribution in [0.4, 0.5) is 0 Å². The second-order valence-electron chi connectivity index (χ2n) is 3.08. The summed E-state index contributed by atoms with van der Waals surface area (Å²) in [6, 6.07) is 0. The lowest BCUT2D eigenvalue weighted by Gasteiger charge is -2.07. The van der Waals surface area contributed by atoms with Gasteiger partial charge in [0.1, 0.15) is 0 Å². The molecule has 0 saturated carbocycles. The molecule has 1 rings (SSSR count). The molecule has 2 N–H and O–H groups in total. The molecular formula is C13H19N. The van der Waals surface area contributed by atoms with Gasteiger partial charge in [0, 0.05) is 6.54 Å². The SMILES string of the molecule is C#C.C/C=C(\C=C1\C=CCCC1)CN. The Morgan fingerprint density at radius 2 is 2.29 bits per heavy atom. The molecule has 0 radical (unpaired) electrons. The van der Waals surface area contributed by atoms with Crippen LogP contribution >= 0.6 is 0 Å². The quantitative estimate of drug-likeness (QED) is 0.664. The van der Waals surface area contributed by atoms with Gasteiger partial charge in [-0.05, 0) is 37.3 Å². The molecule has 0 saturated heterocycles. The Bertz CT molecular complexity index is 254. The highest BCUT2D eigenvalue weighted by Gasteiger charge is 1.98.